The lowest BCUT2D eigenvalue weighted by molar-refractivity contribution is -0.115. The first-order valence-electron chi connectivity index (χ1n) is 6.78. The van der Waals surface area contributed by atoms with Crippen LogP contribution in [0.15, 0.2) is 34.7 Å². The molecule has 0 saturated carbocycles. The molecule has 0 atom stereocenters. The Balaban J connectivity index is 2.06. The highest BCUT2D eigenvalue weighted by molar-refractivity contribution is 5.91. The van der Waals surface area contributed by atoms with E-state index in [9.17, 15) is 4.79 Å². The van der Waals surface area contributed by atoms with E-state index in [4.69, 9.17) is 4.42 Å². The largest absolute Gasteiger partial charge is 0.465 e. The number of anilines is 2. The molecule has 2 N–H and O–H groups in total. The number of aryl methyl sites for hydroxylation is 2. The van der Waals surface area contributed by atoms with Crippen molar-refractivity contribution in [2.75, 3.05) is 10.6 Å². The van der Waals surface area contributed by atoms with E-state index < -0.39 is 0 Å². The molecule has 106 valence electrons. The number of furan rings is 1. The Kier molecular flexibility index (Phi) is 4.45. The summed E-state index contributed by atoms with van der Waals surface area (Å²) in [6.45, 7) is 6.42. The lowest BCUT2D eigenvalue weighted by Crippen LogP contribution is -2.10. The van der Waals surface area contributed by atoms with Crippen LogP contribution in [0, 0.1) is 13.8 Å². The van der Waals surface area contributed by atoms with Crippen LogP contribution in [0.1, 0.15) is 30.4 Å². The van der Waals surface area contributed by atoms with Crippen molar-refractivity contribution < 1.29 is 9.21 Å². The molecule has 4 nitrogen and oxygen atoms in total. The topological polar surface area (TPSA) is 54.3 Å². The number of hydrogen-bond acceptors (Lipinski definition) is 3. The summed E-state index contributed by atoms with van der Waals surface area (Å²) in [5.74, 6) is 1.81. The minimum atomic E-state index is 0.0152. The summed E-state index contributed by atoms with van der Waals surface area (Å²) in [5, 5.41) is 6.19. The molecule has 20 heavy (non-hydrogen) atoms. The van der Waals surface area contributed by atoms with Crippen molar-refractivity contribution in [3.8, 4) is 0 Å². The van der Waals surface area contributed by atoms with E-state index in [1.807, 2.05) is 51.1 Å². The zero-order valence-corrected chi connectivity index (χ0v) is 12.1. The monoisotopic (exact) mass is 272 g/mol. The molecule has 0 fully saturated rings. The van der Waals surface area contributed by atoms with Crippen molar-refractivity contribution in [1.82, 2.24) is 0 Å². The normalized spacial score (nSPS) is 10.3. The van der Waals surface area contributed by atoms with Crippen molar-refractivity contribution in [2.45, 2.75) is 33.7 Å². The standard InChI is InChI=1S/C16H20N2O2/c1-4-16(19)18-13-7-5-11(2)15(9-13)17-10-14-8-6-12(3)20-14/h5-9,17H,4,10H2,1-3H3,(H,18,19). The van der Waals surface area contributed by atoms with Gasteiger partial charge in [-0.2, -0.15) is 0 Å². The average Bonchev–Trinajstić information content (AvgIpc) is 2.85. The fourth-order valence-electron chi connectivity index (χ4n) is 1.90. The molecule has 4 heteroatoms. The van der Waals surface area contributed by atoms with Crippen LogP contribution in [0.3, 0.4) is 0 Å². The number of rotatable bonds is 5. The van der Waals surface area contributed by atoms with Gasteiger partial charge in [-0.3, -0.25) is 4.79 Å². The molecule has 0 unspecified atom stereocenters. The second-order valence-corrected chi connectivity index (χ2v) is 4.80. The predicted molar refractivity (Wildman–Crippen MR) is 80.9 cm³/mol. The molecule has 0 aliphatic rings. The first-order chi connectivity index (χ1) is 9.58. The SMILES string of the molecule is CCC(=O)Nc1ccc(C)c(NCc2ccc(C)o2)c1. The molecule has 0 bridgehead atoms. The van der Waals surface area contributed by atoms with E-state index in [0.717, 1.165) is 28.5 Å². The van der Waals surface area contributed by atoms with Crippen LogP contribution in [0.2, 0.25) is 0 Å². The third kappa shape index (κ3) is 3.63. The van der Waals surface area contributed by atoms with Crippen molar-refractivity contribution in [1.29, 1.82) is 0 Å². The van der Waals surface area contributed by atoms with E-state index in [1.54, 1.807) is 0 Å². The molecule has 1 aromatic carbocycles. The van der Waals surface area contributed by atoms with Crippen molar-refractivity contribution in [3.63, 3.8) is 0 Å². The second-order valence-electron chi connectivity index (χ2n) is 4.80. The molecule has 0 spiro atoms. The van der Waals surface area contributed by atoms with E-state index in [1.165, 1.54) is 0 Å². The number of benzene rings is 1. The molecule has 2 aromatic rings. The molecule has 0 saturated heterocycles. The molecule has 0 radical (unpaired) electrons. The van der Waals surface area contributed by atoms with Gasteiger partial charge >= 0.3 is 0 Å². The molecule has 1 aromatic heterocycles. The van der Waals surface area contributed by atoms with E-state index in [-0.39, 0.29) is 5.91 Å². The maximum atomic E-state index is 11.4. The lowest BCUT2D eigenvalue weighted by Gasteiger charge is -2.11. The van der Waals surface area contributed by atoms with Crippen LogP contribution < -0.4 is 10.6 Å². The van der Waals surface area contributed by atoms with Gasteiger partial charge < -0.3 is 15.1 Å². The highest BCUT2D eigenvalue weighted by Crippen LogP contribution is 2.21. The molecular formula is C16H20N2O2. The predicted octanol–water partition coefficient (Wildman–Crippen LogP) is 3.86. The second kappa shape index (κ2) is 6.28. The summed E-state index contributed by atoms with van der Waals surface area (Å²) < 4.78 is 5.53. The summed E-state index contributed by atoms with van der Waals surface area (Å²) in [6.07, 6.45) is 0.475. The summed E-state index contributed by atoms with van der Waals surface area (Å²) in [6, 6.07) is 9.74. The van der Waals surface area contributed by atoms with Crippen LogP contribution in [0.5, 0.6) is 0 Å². The summed E-state index contributed by atoms with van der Waals surface area (Å²) in [5.41, 5.74) is 2.93. The zero-order chi connectivity index (χ0) is 14.5. The lowest BCUT2D eigenvalue weighted by atomic mass is 10.1. The number of nitrogens with one attached hydrogen (secondary N) is 2. The van der Waals surface area contributed by atoms with Gasteiger partial charge in [-0.05, 0) is 43.7 Å². The fourth-order valence-corrected chi connectivity index (χ4v) is 1.90. The minimum Gasteiger partial charge on any atom is -0.465 e. The van der Waals surface area contributed by atoms with Gasteiger partial charge in [-0.25, -0.2) is 0 Å². The van der Waals surface area contributed by atoms with Crippen LogP contribution in [0.25, 0.3) is 0 Å². The van der Waals surface area contributed by atoms with Gasteiger partial charge in [-0.15, -0.1) is 0 Å². The number of carbonyl (C=O) groups excluding carboxylic acids is 1. The van der Waals surface area contributed by atoms with Crippen LogP contribution in [0.4, 0.5) is 11.4 Å². The zero-order valence-electron chi connectivity index (χ0n) is 12.1. The van der Waals surface area contributed by atoms with Gasteiger partial charge in [0.25, 0.3) is 0 Å². The summed E-state index contributed by atoms with van der Waals surface area (Å²) in [7, 11) is 0. The summed E-state index contributed by atoms with van der Waals surface area (Å²) >= 11 is 0. The van der Waals surface area contributed by atoms with E-state index >= 15 is 0 Å². The maximum Gasteiger partial charge on any atom is 0.224 e. The highest BCUT2D eigenvalue weighted by atomic mass is 16.3. The third-order valence-corrected chi connectivity index (χ3v) is 3.09. The Morgan fingerprint density at radius 2 is 2.00 bits per heavy atom. The molecular weight excluding hydrogens is 252 g/mol. The Labute approximate surface area is 119 Å². The smallest absolute Gasteiger partial charge is 0.224 e. The minimum absolute atomic E-state index is 0.0152. The van der Waals surface area contributed by atoms with Gasteiger partial charge in [0, 0.05) is 17.8 Å². The first-order valence-corrected chi connectivity index (χ1v) is 6.78. The molecule has 1 amide bonds. The van der Waals surface area contributed by atoms with Crippen LogP contribution in [-0.2, 0) is 11.3 Å². The maximum absolute atomic E-state index is 11.4. The Hall–Kier alpha value is -2.23. The summed E-state index contributed by atoms with van der Waals surface area (Å²) in [4.78, 5) is 11.4. The van der Waals surface area contributed by atoms with Crippen LogP contribution >= 0.6 is 0 Å². The van der Waals surface area contributed by atoms with Gasteiger partial charge in [0.15, 0.2) is 0 Å². The molecule has 0 aliphatic carbocycles. The Bertz CT molecular complexity index is 602. The van der Waals surface area contributed by atoms with Crippen molar-refractivity contribution in [2.24, 2.45) is 0 Å². The fraction of sp³-hybridized carbons (Fsp3) is 0.312. The molecule has 0 aliphatic heterocycles. The quantitative estimate of drug-likeness (QED) is 0.869. The average molecular weight is 272 g/mol. The van der Waals surface area contributed by atoms with Crippen molar-refractivity contribution in [3.05, 3.63) is 47.4 Å². The number of hydrogen-bond donors (Lipinski definition) is 2. The van der Waals surface area contributed by atoms with E-state index in [0.29, 0.717) is 13.0 Å². The molecule has 1 heterocycles. The van der Waals surface area contributed by atoms with Gasteiger partial charge in [-0.1, -0.05) is 13.0 Å². The number of amides is 1. The Morgan fingerprint density at radius 3 is 2.65 bits per heavy atom. The third-order valence-electron chi connectivity index (χ3n) is 3.09. The molecule has 2 rings (SSSR count). The highest BCUT2D eigenvalue weighted by Gasteiger charge is 2.04. The van der Waals surface area contributed by atoms with Gasteiger partial charge in [0.2, 0.25) is 5.91 Å². The van der Waals surface area contributed by atoms with E-state index in [2.05, 4.69) is 10.6 Å². The van der Waals surface area contributed by atoms with Gasteiger partial charge in [0.05, 0.1) is 6.54 Å². The Morgan fingerprint density at radius 1 is 1.20 bits per heavy atom. The van der Waals surface area contributed by atoms with Crippen LogP contribution in [-0.4, -0.2) is 5.91 Å². The number of carbonyl (C=O) groups is 1. The first kappa shape index (κ1) is 14.2. The van der Waals surface area contributed by atoms with Gasteiger partial charge in [0.1, 0.15) is 11.5 Å². The van der Waals surface area contributed by atoms with Crippen molar-refractivity contribution >= 4 is 17.3 Å².